The minimum atomic E-state index is -0.314. The molecule has 2 saturated heterocycles. The Labute approximate surface area is 181 Å². The molecule has 2 fully saturated rings. The van der Waals surface area contributed by atoms with Crippen LogP contribution in [0.4, 0.5) is 0 Å². The summed E-state index contributed by atoms with van der Waals surface area (Å²) in [4.78, 5) is 15.5. The Morgan fingerprint density at radius 2 is 1.90 bits per heavy atom. The molecule has 29 heavy (non-hydrogen) atoms. The molecule has 0 spiro atoms. The number of hydrogen-bond donors (Lipinski definition) is 0. The van der Waals surface area contributed by atoms with Crippen LogP contribution in [-0.4, -0.2) is 37.6 Å². The van der Waals surface area contributed by atoms with Crippen LogP contribution in [0.25, 0.3) is 0 Å². The minimum absolute atomic E-state index is 0.0348. The van der Waals surface area contributed by atoms with Crippen LogP contribution in [0.3, 0.4) is 0 Å². The van der Waals surface area contributed by atoms with Crippen molar-refractivity contribution in [2.75, 3.05) is 26.7 Å². The van der Waals surface area contributed by atoms with Gasteiger partial charge in [0.2, 0.25) is 0 Å². The maximum Gasteiger partial charge on any atom is 0.311 e. The molecule has 3 atom stereocenters. The lowest BCUT2D eigenvalue weighted by Gasteiger charge is -2.30. The normalized spacial score (nSPS) is 25.1. The zero-order valence-electron chi connectivity index (χ0n) is 17.1. The zero-order chi connectivity index (χ0) is 20.4. The topological polar surface area (TPSA) is 38.8 Å². The van der Waals surface area contributed by atoms with Gasteiger partial charge in [0.25, 0.3) is 0 Å². The summed E-state index contributed by atoms with van der Waals surface area (Å²) >= 11 is 3.71. The van der Waals surface area contributed by atoms with Crippen LogP contribution >= 0.6 is 15.9 Å². The molecule has 0 aromatic heterocycles. The first kappa shape index (κ1) is 20.4. The highest BCUT2D eigenvalue weighted by Crippen LogP contribution is 2.49. The molecule has 5 heteroatoms. The van der Waals surface area contributed by atoms with E-state index in [-0.39, 0.29) is 23.9 Å². The Kier molecular flexibility index (Phi) is 6.26. The minimum Gasteiger partial charge on any atom is -0.496 e. The Hall–Kier alpha value is -1.85. The molecule has 2 aromatic carbocycles. The molecule has 0 amide bonds. The zero-order valence-corrected chi connectivity index (χ0v) is 18.7. The molecule has 2 aliphatic heterocycles. The van der Waals surface area contributed by atoms with Gasteiger partial charge in [-0.1, -0.05) is 52.7 Å². The summed E-state index contributed by atoms with van der Waals surface area (Å²) in [5.74, 6) is 0.515. The van der Waals surface area contributed by atoms with E-state index in [0.29, 0.717) is 0 Å². The number of esters is 1. The van der Waals surface area contributed by atoms with Crippen molar-refractivity contribution in [1.29, 1.82) is 0 Å². The van der Waals surface area contributed by atoms with Gasteiger partial charge in [0.05, 0.1) is 13.0 Å². The van der Waals surface area contributed by atoms with Crippen molar-refractivity contribution in [3.63, 3.8) is 0 Å². The van der Waals surface area contributed by atoms with Crippen molar-refractivity contribution in [2.24, 2.45) is 5.92 Å². The van der Waals surface area contributed by atoms with Gasteiger partial charge in [-0.2, -0.15) is 0 Å². The second-order valence-corrected chi connectivity index (χ2v) is 8.96. The highest BCUT2D eigenvalue weighted by atomic mass is 79.9. The summed E-state index contributed by atoms with van der Waals surface area (Å²) in [5.41, 5.74) is 3.19. The lowest BCUT2D eigenvalue weighted by atomic mass is 9.81. The number of benzene rings is 2. The predicted molar refractivity (Wildman–Crippen MR) is 117 cm³/mol. The Morgan fingerprint density at radius 1 is 1.14 bits per heavy atom. The van der Waals surface area contributed by atoms with Gasteiger partial charge >= 0.3 is 5.97 Å². The van der Waals surface area contributed by atoms with E-state index in [4.69, 9.17) is 9.47 Å². The first-order valence-corrected chi connectivity index (χ1v) is 11.2. The molecule has 0 bridgehead atoms. The van der Waals surface area contributed by atoms with E-state index in [1.807, 2.05) is 37.3 Å². The summed E-state index contributed by atoms with van der Waals surface area (Å²) in [7, 11) is 1.68. The second kappa shape index (κ2) is 8.88. The summed E-state index contributed by atoms with van der Waals surface area (Å²) in [6.07, 6.45) is 3.39. The van der Waals surface area contributed by atoms with Crippen LogP contribution in [0, 0.1) is 12.8 Å². The van der Waals surface area contributed by atoms with Crippen molar-refractivity contribution in [1.82, 2.24) is 4.90 Å². The maximum absolute atomic E-state index is 13.1. The number of carbonyl (C=O) groups excluding carboxylic acids is 1. The second-order valence-electron chi connectivity index (χ2n) is 8.10. The van der Waals surface area contributed by atoms with Crippen molar-refractivity contribution in [3.05, 3.63) is 63.6 Å². The molecule has 2 aliphatic rings. The number of carbonyl (C=O) groups is 1. The number of rotatable bonds is 5. The number of hydrogen-bond acceptors (Lipinski definition) is 4. The molecular formula is C24H28BrNO3. The smallest absolute Gasteiger partial charge is 0.311 e. The molecule has 0 N–H and O–H groups in total. The molecule has 154 valence electrons. The lowest BCUT2D eigenvalue weighted by molar-refractivity contribution is -0.145. The summed E-state index contributed by atoms with van der Waals surface area (Å²) in [5, 5.41) is 0. The molecule has 1 unspecified atom stereocenters. The monoisotopic (exact) mass is 457 g/mol. The summed E-state index contributed by atoms with van der Waals surface area (Å²) in [6.45, 7) is 4.91. The van der Waals surface area contributed by atoms with E-state index in [1.54, 1.807) is 7.11 Å². The van der Waals surface area contributed by atoms with E-state index >= 15 is 0 Å². The fourth-order valence-corrected chi connectivity index (χ4v) is 5.21. The van der Waals surface area contributed by atoms with E-state index in [9.17, 15) is 4.79 Å². The third-order valence-electron chi connectivity index (χ3n) is 6.23. The fraction of sp³-hybridized carbons (Fsp3) is 0.458. The van der Waals surface area contributed by atoms with Crippen LogP contribution in [-0.2, 0) is 9.53 Å². The molecule has 4 nitrogen and oxygen atoms in total. The van der Waals surface area contributed by atoms with Gasteiger partial charge in [0.15, 0.2) is 0 Å². The number of methoxy groups -OCH3 is 1. The van der Waals surface area contributed by atoms with Crippen molar-refractivity contribution >= 4 is 21.9 Å². The van der Waals surface area contributed by atoms with Crippen molar-refractivity contribution in [3.8, 4) is 5.75 Å². The quantitative estimate of drug-likeness (QED) is 0.574. The van der Waals surface area contributed by atoms with Gasteiger partial charge in [-0.3, -0.25) is 4.79 Å². The standard InChI is InChI=1S/C24H28BrNO3/c1-16-10-11-17(14-21(16)28-2)23-22(18-8-4-5-9-20(18)25)19(24(27)29-23)15-26-12-6-3-7-13-26/h4-5,8-11,14,19,22-23H,3,6-7,12-13,15H2,1-2H3/t19?,22-,23-/m1/s1. The van der Waals surface area contributed by atoms with Gasteiger partial charge in [-0.15, -0.1) is 0 Å². The first-order valence-electron chi connectivity index (χ1n) is 10.4. The molecule has 4 rings (SSSR count). The maximum atomic E-state index is 13.1. The van der Waals surface area contributed by atoms with E-state index in [1.165, 1.54) is 19.3 Å². The molecular weight excluding hydrogens is 430 g/mol. The van der Waals surface area contributed by atoms with Gasteiger partial charge in [-0.05, 0) is 61.7 Å². The predicted octanol–water partition coefficient (Wildman–Crippen LogP) is 5.25. The largest absolute Gasteiger partial charge is 0.496 e. The van der Waals surface area contributed by atoms with Crippen LogP contribution in [0.2, 0.25) is 0 Å². The third kappa shape index (κ3) is 4.22. The van der Waals surface area contributed by atoms with E-state index in [0.717, 1.165) is 46.5 Å². The van der Waals surface area contributed by atoms with Crippen LogP contribution in [0.15, 0.2) is 46.9 Å². The number of likely N-dealkylation sites (tertiary alicyclic amines) is 1. The number of aryl methyl sites for hydroxylation is 1. The van der Waals surface area contributed by atoms with Crippen LogP contribution in [0.1, 0.15) is 48.0 Å². The van der Waals surface area contributed by atoms with Crippen LogP contribution < -0.4 is 4.74 Å². The van der Waals surface area contributed by atoms with Gasteiger partial charge in [0, 0.05) is 16.9 Å². The van der Waals surface area contributed by atoms with Crippen LogP contribution in [0.5, 0.6) is 5.75 Å². The molecule has 2 aromatic rings. The molecule has 2 heterocycles. The average Bonchev–Trinajstić information content (AvgIpc) is 3.05. The average molecular weight is 458 g/mol. The third-order valence-corrected chi connectivity index (χ3v) is 6.96. The highest BCUT2D eigenvalue weighted by Gasteiger charge is 2.47. The molecule has 0 radical (unpaired) electrons. The Bertz CT molecular complexity index is 878. The summed E-state index contributed by atoms with van der Waals surface area (Å²) < 4.78 is 12.6. The van der Waals surface area contributed by atoms with E-state index in [2.05, 4.69) is 33.0 Å². The van der Waals surface area contributed by atoms with Gasteiger partial charge in [0.1, 0.15) is 11.9 Å². The SMILES string of the molecule is COc1cc([C@H]2OC(=O)C(CN3CCCCC3)[C@H]2c2ccccc2Br)ccc1C. The number of ether oxygens (including phenoxy) is 2. The number of nitrogens with zero attached hydrogens (tertiary/aromatic N) is 1. The Morgan fingerprint density at radius 3 is 2.62 bits per heavy atom. The van der Waals surface area contributed by atoms with Gasteiger partial charge < -0.3 is 14.4 Å². The number of halogens is 1. The molecule has 0 aliphatic carbocycles. The first-order chi connectivity index (χ1) is 14.1. The fourth-order valence-electron chi connectivity index (χ4n) is 4.67. The highest BCUT2D eigenvalue weighted by molar-refractivity contribution is 9.10. The lowest BCUT2D eigenvalue weighted by Crippen LogP contribution is -2.37. The number of piperidine rings is 1. The van der Waals surface area contributed by atoms with Crippen molar-refractivity contribution in [2.45, 2.75) is 38.2 Å². The molecule has 0 saturated carbocycles. The van der Waals surface area contributed by atoms with E-state index < -0.39 is 0 Å². The summed E-state index contributed by atoms with van der Waals surface area (Å²) in [6, 6.07) is 14.3. The van der Waals surface area contributed by atoms with Crippen molar-refractivity contribution < 1.29 is 14.3 Å². The van der Waals surface area contributed by atoms with Gasteiger partial charge in [-0.25, -0.2) is 0 Å². The number of cyclic esters (lactones) is 1. The Balaban J connectivity index is 1.72.